The van der Waals surface area contributed by atoms with E-state index in [1.807, 2.05) is 19.2 Å². The maximum absolute atomic E-state index is 6.31. The fraction of sp³-hybridized carbons (Fsp3) is 0.385. The van der Waals surface area contributed by atoms with Gasteiger partial charge in [-0.3, -0.25) is 0 Å². The molecule has 0 saturated carbocycles. The maximum Gasteiger partial charge on any atom is 0.190 e. The Kier molecular flexibility index (Phi) is 5.24. The molecule has 0 radical (unpaired) electrons. The second-order valence-corrected chi connectivity index (χ2v) is 5.63. The monoisotopic (exact) mass is 296 g/mol. The van der Waals surface area contributed by atoms with Gasteiger partial charge in [0.1, 0.15) is 6.33 Å². The first-order valence-corrected chi connectivity index (χ1v) is 7.41. The fourth-order valence-electron chi connectivity index (χ4n) is 1.62. The van der Waals surface area contributed by atoms with E-state index in [0.717, 1.165) is 34.6 Å². The highest BCUT2D eigenvalue weighted by Gasteiger charge is 2.07. The first kappa shape index (κ1) is 14.4. The van der Waals surface area contributed by atoms with Crippen LogP contribution in [-0.2, 0) is 13.6 Å². The topological polar surface area (TPSA) is 42.7 Å². The van der Waals surface area contributed by atoms with E-state index >= 15 is 0 Å². The zero-order valence-electron chi connectivity index (χ0n) is 11.1. The zero-order chi connectivity index (χ0) is 13.7. The predicted molar refractivity (Wildman–Crippen MR) is 78.6 cm³/mol. The first-order chi connectivity index (χ1) is 9.20. The van der Waals surface area contributed by atoms with E-state index in [1.165, 1.54) is 17.3 Å². The highest BCUT2D eigenvalue weighted by atomic mass is 35.5. The van der Waals surface area contributed by atoms with Crippen molar-refractivity contribution in [3.63, 3.8) is 0 Å². The lowest BCUT2D eigenvalue weighted by atomic mass is 10.2. The largest absolute Gasteiger partial charge is 0.313 e. The lowest BCUT2D eigenvalue weighted by molar-refractivity contribution is 0.675. The van der Waals surface area contributed by atoms with Crippen molar-refractivity contribution in [1.82, 2.24) is 20.1 Å². The minimum absolute atomic E-state index is 0.754. The van der Waals surface area contributed by atoms with Crippen molar-refractivity contribution in [1.29, 1.82) is 0 Å². The number of hydrogen-bond acceptors (Lipinski definition) is 4. The number of rotatable bonds is 6. The van der Waals surface area contributed by atoms with E-state index in [4.69, 9.17) is 11.6 Å². The lowest BCUT2D eigenvalue weighted by Crippen LogP contribution is -2.13. The standard InChI is InChI=1S/C13H17ClN4S/c1-3-6-15-8-10-4-5-12(11(14)7-10)19-13-16-9-17-18(13)2/h4-5,7,9,15H,3,6,8H2,1-2H3. The summed E-state index contributed by atoms with van der Waals surface area (Å²) in [6, 6.07) is 6.13. The predicted octanol–water partition coefficient (Wildman–Crippen LogP) is 3.12. The average molecular weight is 297 g/mol. The van der Waals surface area contributed by atoms with Crippen LogP contribution in [0.1, 0.15) is 18.9 Å². The van der Waals surface area contributed by atoms with Crippen LogP contribution in [-0.4, -0.2) is 21.3 Å². The highest BCUT2D eigenvalue weighted by Crippen LogP contribution is 2.32. The number of benzene rings is 1. The fourth-order valence-corrected chi connectivity index (χ4v) is 2.71. The summed E-state index contributed by atoms with van der Waals surface area (Å²) in [5.74, 6) is 0. The molecule has 0 amide bonds. The van der Waals surface area contributed by atoms with E-state index in [2.05, 4.69) is 28.4 Å². The molecule has 4 nitrogen and oxygen atoms in total. The molecule has 1 aromatic carbocycles. The number of halogens is 1. The molecule has 0 aliphatic rings. The van der Waals surface area contributed by atoms with Crippen LogP contribution < -0.4 is 5.32 Å². The molecule has 2 aromatic rings. The molecule has 6 heteroatoms. The molecule has 0 unspecified atom stereocenters. The minimum Gasteiger partial charge on any atom is -0.313 e. The van der Waals surface area contributed by atoms with Crippen molar-refractivity contribution >= 4 is 23.4 Å². The van der Waals surface area contributed by atoms with Gasteiger partial charge in [-0.2, -0.15) is 5.10 Å². The molecular formula is C13H17ClN4S. The van der Waals surface area contributed by atoms with Crippen LogP contribution in [0.25, 0.3) is 0 Å². The normalized spacial score (nSPS) is 10.9. The van der Waals surface area contributed by atoms with Crippen LogP contribution in [0.15, 0.2) is 34.6 Å². The molecule has 0 atom stereocenters. The van der Waals surface area contributed by atoms with Crippen molar-refractivity contribution < 1.29 is 0 Å². The van der Waals surface area contributed by atoms with Gasteiger partial charge >= 0.3 is 0 Å². The van der Waals surface area contributed by atoms with Crippen LogP contribution in [0.4, 0.5) is 0 Å². The van der Waals surface area contributed by atoms with E-state index in [9.17, 15) is 0 Å². The molecule has 0 spiro atoms. The van der Waals surface area contributed by atoms with Crippen LogP contribution in [0.3, 0.4) is 0 Å². The molecule has 0 bridgehead atoms. The molecule has 1 heterocycles. The summed E-state index contributed by atoms with van der Waals surface area (Å²) in [5.41, 5.74) is 1.20. The number of hydrogen-bond donors (Lipinski definition) is 1. The van der Waals surface area contributed by atoms with Gasteiger partial charge in [-0.1, -0.05) is 24.6 Å². The number of aromatic nitrogens is 3. The molecule has 1 aromatic heterocycles. The second-order valence-electron chi connectivity index (χ2n) is 4.21. The number of aryl methyl sites for hydroxylation is 1. The number of nitrogens with zero attached hydrogens (tertiary/aromatic N) is 3. The van der Waals surface area contributed by atoms with Crippen LogP contribution in [0.2, 0.25) is 5.02 Å². The Hall–Kier alpha value is -1.04. The molecule has 2 rings (SSSR count). The van der Waals surface area contributed by atoms with Crippen molar-refractivity contribution in [2.75, 3.05) is 6.54 Å². The van der Waals surface area contributed by atoms with Gasteiger partial charge in [0.05, 0.1) is 5.02 Å². The molecule has 1 N–H and O–H groups in total. The molecule has 0 aliphatic heterocycles. The smallest absolute Gasteiger partial charge is 0.190 e. The first-order valence-electron chi connectivity index (χ1n) is 6.21. The SMILES string of the molecule is CCCNCc1ccc(Sc2ncnn2C)c(Cl)c1. The molecular weight excluding hydrogens is 280 g/mol. The van der Waals surface area contributed by atoms with E-state index < -0.39 is 0 Å². The van der Waals surface area contributed by atoms with Gasteiger partial charge in [0.2, 0.25) is 0 Å². The third-order valence-electron chi connectivity index (χ3n) is 2.62. The Bertz CT molecular complexity index is 541. The summed E-state index contributed by atoms with van der Waals surface area (Å²) in [4.78, 5) is 5.18. The summed E-state index contributed by atoms with van der Waals surface area (Å²) < 4.78 is 1.73. The second kappa shape index (κ2) is 6.93. The van der Waals surface area contributed by atoms with Gasteiger partial charge in [-0.05, 0) is 42.4 Å². The summed E-state index contributed by atoms with van der Waals surface area (Å²) in [6.07, 6.45) is 2.67. The summed E-state index contributed by atoms with van der Waals surface area (Å²) in [5, 5.41) is 8.99. The Morgan fingerprint density at radius 2 is 2.26 bits per heavy atom. The van der Waals surface area contributed by atoms with E-state index in [-0.39, 0.29) is 0 Å². The maximum atomic E-state index is 6.31. The van der Waals surface area contributed by atoms with Gasteiger partial charge in [0.25, 0.3) is 0 Å². The zero-order valence-corrected chi connectivity index (χ0v) is 12.6. The van der Waals surface area contributed by atoms with Gasteiger partial charge in [0.15, 0.2) is 5.16 Å². The summed E-state index contributed by atoms with van der Waals surface area (Å²) in [7, 11) is 1.87. The van der Waals surface area contributed by atoms with Crippen molar-refractivity contribution in [3.8, 4) is 0 Å². The molecule has 102 valence electrons. The van der Waals surface area contributed by atoms with Crippen molar-refractivity contribution in [3.05, 3.63) is 35.1 Å². The quantitative estimate of drug-likeness (QED) is 0.832. The summed E-state index contributed by atoms with van der Waals surface area (Å²) >= 11 is 7.83. The Labute approximate surface area is 122 Å². The Morgan fingerprint density at radius 3 is 2.89 bits per heavy atom. The lowest BCUT2D eigenvalue weighted by Gasteiger charge is -2.07. The van der Waals surface area contributed by atoms with Crippen molar-refractivity contribution in [2.24, 2.45) is 7.05 Å². The number of nitrogens with one attached hydrogen (secondary N) is 1. The van der Waals surface area contributed by atoms with Crippen LogP contribution in [0, 0.1) is 0 Å². The van der Waals surface area contributed by atoms with E-state index in [0.29, 0.717) is 0 Å². The van der Waals surface area contributed by atoms with Gasteiger partial charge < -0.3 is 5.32 Å². The van der Waals surface area contributed by atoms with Gasteiger partial charge in [-0.15, -0.1) is 0 Å². The Morgan fingerprint density at radius 1 is 1.42 bits per heavy atom. The minimum atomic E-state index is 0.754. The molecule has 0 saturated heterocycles. The van der Waals surface area contributed by atoms with Gasteiger partial charge in [-0.25, -0.2) is 9.67 Å². The molecule has 0 fully saturated rings. The van der Waals surface area contributed by atoms with Crippen LogP contribution >= 0.6 is 23.4 Å². The van der Waals surface area contributed by atoms with Gasteiger partial charge in [0, 0.05) is 18.5 Å². The highest BCUT2D eigenvalue weighted by molar-refractivity contribution is 7.99. The van der Waals surface area contributed by atoms with E-state index in [1.54, 1.807) is 11.0 Å². The third-order valence-corrected chi connectivity index (χ3v) is 4.18. The molecule has 0 aliphatic carbocycles. The Balaban J connectivity index is 2.05. The molecule has 19 heavy (non-hydrogen) atoms. The van der Waals surface area contributed by atoms with Crippen LogP contribution in [0.5, 0.6) is 0 Å². The third kappa shape index (κ3) is 3.96. The average Bonchev–Trinajstić information content (AvgIpc) is 2.79. The summed E-state index contributed by atoms with van der Waals surface area (Å²) in [6.45, 7) is 4.02. The van der Waals surface area contributed by atoms with Crippen molar-refractivity contribution in [2.45, 2.75) is 29.9 Å².